The van der Waals surface area contributed by atoms with Crippen LogP contribution in [0, 0.1) is 5.92 Å². The van der Waals surface area contributed by atoms with Crippen molar-refractivity contribution >= 4 is 17.2 Å². The van der Waals surface area contributed by atoms with Gasteiger partial charge in [0.1, 0.15) is 0 Å². The number of hydrogen-bond acceptors (Lipinski definition) is 4. The molecule has 3 rings (SSSR count). The van der Waals surface area contributed by atoms with Crippen molar-refractivity contribution in [1.82, 2.24) is 15.5 Å². The predicted octanol–water partition coefficient (Wildman–Crippen LogP) is 2.39. The first-order valence-electron chi connectivity index (χ1n) is 8.34. The molecule has 0 radical (unpaired) electrons. The molecule has 1 aromatic heterocycles. The fraction of sp³-hybridized carbons (Fsp3) is 0.706. The highest BCUT2D eigenvalue weighted by Crippen LogP contribution is 2.32. The van der Waals surface area contributed by atoms with Crippen molar-refractivity contribution in [2.45, 2.75) is 50.2 Å². The lowest BCUT2D eigenvalue weighted by Gasteiger charge is -2.29. The van der Waals surface area contributed by atoms with Gasteiger partial charge in [-0.3, -0.25) is 4.79 Å². The number of hydrogen-bond donors (Lipinski definition) is 2. The van der Waals surface area contributed by atoms with Crippen LogP contribution in [0.2, 0.25) is 0 Å². The van der Waals surface area contributed by atoms with Crippen molar-refractivity contribution in [2.75, 3.05) is 20.6 Å². The molecule has 3 atom stereocenters. The van der Waals surface area contributed by atoms with Gasteiger partial charge >= 0.3 is 0 Å². The van der Waals surface area contributed by atoms with Crippen LogP contribution in [0.1, 0.15) is 43.0 Å². The van der Waals surface area contributed by atoms with Crippen LogP contribution >= 0.6 is 11.3 Å². The summed E-state index contributed by atoms with van der Waals surface area (Å²) >= 11 is 1.75. The van der Waals surface area contributed by atoms with E-state index in [2.05, 4.69) is 47.1 Å². The number of nitrogens with one attached hydrogen (secondary N) is 2. The first kappa shape index (κ1) is 16.0. The summed E-state index contributed by atoms with van der Waals surface area (Å²) in [6.07, 6.45) is 5.63. The van der Waals surface area contributed by atoms with Crippen LogP contribution in [0.4, 0.5) is 0 Å². The number of carbonyl (C=O) groups is 1. The number of fused-ring (bicyclic) bond motifs is 2. The SMILES string of the molecule is CN(C)C(CNC(=O)CC1CC2CCC(C1)N2)c1cccs1. The molecule has 2 N–H and O–H groups in total. The van der Waals surface area contributed by atoms with Crippen molar-refractivity contribution in [3.05, 3.63) is 22.4 Å². The topological polar surface area (TPSA) is 44.4 Å². The molecule has 2 fully saturated rings. The molecular weight excluding hydrogens is 294 g/mol. The number of thiophene rings is 1. The Morgan fingerprint density at radius 1 is 1.41 bits per heavy atom. The second-order valence-electron chi connectivity index (χ2n) is 6.98. The van der Waals surface area contributed by atoms with Crippen LogP contribution in [-0.2, 0) is 4.79 Å². The van der Waals surface area contributed by atoms with E-state index in [-0.39, 0.29) is 11.9 Å². The van der Waals surface area contributed by atoms with Gasteiger partial charge in [-0.1, -0.05) is 6.07 Å². The maximum atomic E-state index is 12.3. The van der Waals surface area contributed by atoms with Gasteiger partial charge in [-0.15, -0.1) is 11.3 Å². The van der Waals surface area contributed by atoms with Gasteiger partial charge in [-0.05, 0) is 57.1 Å². The van der Waals surface area contributed by atoms with Crippen LogP contribution in [0.5, 0.6) is 0 Å². The third-order valence-corrected chi connectivity index (χ3v) is 6.01. The third-order valence-electron chi connectivity index (χ3n) is 5.03. The molecule has 2 aliphatic rings. The quantitative estimate of drug-likeness (QED) is 0.845. The van der Waals surface area contributed by atoms with Crippen LogP contribution < -0.4 is 10.6 Å². The van der Waals surface area contributed by atoms with Gasteiger partial charge in [0, 0.05) is 29.9 Å². The highest BCUT2D eigenvalue weighted by atomic mass is 32.1. The molecule has 5 heteroatoms. The van der Waals surface area contributed by atoms with E-state index in [4.69, 9.17) is 0 Å². The Bertz CT molecular complexity index is 476. The standard InChI is InChI=1S/C17H27N3OS/c1-20(2)15(16-4-3-7-22-16)11-18-17(21)10-12-8-13-5-6-14(9-12)19-13/h3-4,7,12-15,19H,5-6,8-11H2,1-2H3,(H,18,21). The van der Waals surface area contributed by atoms with Crippen molar-refractivity contribution in [1.29, 1.82) is 0 Å². The van der Waals surface area contributed by atoms with Gasteiger partial charge in [0.05, 0.1) is 6.04 Å². The largest absolute Gasteiger partial charge is 0.354 e. The zero-order chi connectivity index (χ0) is 15.5. The average Bonchev–Trinajstić information content (AvgIpc) is 3.09. The normalized spacial score (nSPS) is 28.8. The lowest BCUT2D eigenvalue weighted by molar-refractivity contribution is -0.122. The summed E-state index contributed by atoms with van der Waals surface area (Å²) in [4.78, 5) is 15.8. The Morgan fingerprint density at radius 2 is 2.14 bits per heavy atom. The Kier molecular flexibility index (Phi) is 5.16. The molecule has 22 heavy (non-hydrogen) atoms. The molecule has 2 saturated heterocycles. The fourth-order valence-electron chi connectivity index (χ4n) is 3.91. The molecule has 122 valence electrons. The van der Waals surface area contributed by atoms with E-state index < -0.39 is 0 Å². The molecule has 0 aromatic carbocycles. The van der Waals surface area contributed by atoms with Gasteiger partial charge in [0.25, 0.3) is 0 Å². The highest BCUT2D eigenvalue weighted by molar-refractivity contribution is 7.10. The number of piperidine rings is 1. The van der Waals surface area contributed by atoms with Gasteiger partial charge in [-0.25, -0.2) is 0 Å². The van der Waals surface area contributed by atoms with Crippen molar-refractivity contribution in [2.24, 2.45) is 5.92 Å². The Labute approximate surface area is 137 Å². The van der Waals surface area contributed by atoms with Crippen molar-refractivity contribution in [3.8, 4) is 0 Å². The monoisotopic (exact) mass is 321 g/mol. The molecule has 0 aliphatic carbocycles. The molecule has 0 saturated carbocycles. The minimum Gasteiger partial charge on any atom is -0.354 e. The summed E-state index contributed by atoms with van der Waals surface area (Å²) in [6, 6.07) is 5.82. The summed E-state index contributed by atoms with van der Waals surface area (Å²) < 4.78 is 0. The minimum absolute atomic E-state index is 0.217. The van der Waals surface area contributed by atoms with Gasteiger partial charge in [0.2, 0.25) is 5.91 Å². The molecule has 2 aliphatic heterocycles. The first-order chi connectivity index (χ1) is 10.6. The second kappa shape index (κ2) is 7.11. The molecular formula is C17H27N3OS. The van der Waals surface area contributed by atoms with E-state index in [9.17, 15) is 4.79 Å². The summed E-state index contributed by atoms with van der Waals surface area (Å²) in [5.74, 6) is 0.785. The zero-order valence-electron chi connectivity index (χ0n) is 13.5. The average molecular weight is 321 g/mol. The van der Waals surface area contributed by atoms with Crippen molar-refractivity contribution in [3.63, 3.8) is 0 Å². The molecule has 4 nitrogen and oxygen atoms in total. The number of nitrogens with zero attached hydrogens (tertiary/aromatic N) is 1. The van der Waals surface area contributed by atoms with Crippen LogP contribution in [-0.4, -0.2) is 43.5 Å². The lowest BCUT2D eigenvalue weighted by Crippen LogP contribution is -2.40. The number of likely N-dealkylation sites (N-methyl/N-ethyl adjacent to an activating group) is 1. The Hall–Kier alpha value is -0.910. The summed E-state index contributed by atoms with van der Waals surface area (Å²) in [7, 11) is 4.14. The zero-order valence-corrected chi connectivity index (χ0v) is 14.4. The maximum absolute atomic E-state index is 12.3. The highest BCUT2D eigenvalue weighted by Gasteiger charge is 2.34. The minimum atomic E-state index is 0.217. The Morgan fingerprint density at radius 3 is 2.73 bits per heavy atom. The van der Waals surface area contributed by atoms with Crippen LogP contribution in [0.3, 0.4) is 0 Å². The third kappa shape index (κ3) is 3.89. The van der Waals surface area contributed by atoms with E-state index in [1.165, 1.54) is 30.6 Å². The van der Waals surface area contributed by atoms with Gasteiger partial charge in [-0.2, -0.15) is 0 Å². The predicted molar refractivity (Wildman–Crippen MR) is 91.0 cm³/mol. The van der Waals surface area contributed by atoms with Crippen LogP contribution in [0.25, 0.3) is 0 Å². The van der Waals surface area contributed by atoms with E-state index in [1.54, 1.807) is 11.3 Å². The second-order valence-corrected chi connectivity index (χ2v) is 7.96. The molecule has 3 unspecified atom stereocenters. The maximum Gasteiger partial charge on any atom is 0.220 e. The lowest BCUT2D eigenvalue weighted by atomic mass is 9.89. The number of rotatable bonds is 6. The smallest absolute Gasteiger partial charge is 0.220 e. The summed E-state index contributed by atoms with van der Waals surface area (Å²) in [6.45, 7) is 0.699. The van der Waals surface area contributed by atoms with E-state index in [0.29, 0.717) is 31.0 Å². The number of carbonyl (C=O) groups excluding carboxylic acids is 1. The Balaban J connectivity index is 1.47. The first-order valence-corrected chi connectivity index (χ1v) is 9.22. The molecule has 2 bridgehead atoms. The summed E-state index contributed by atoms with van der Waals surface area (Å²) in [5, 5.41) is 8.89. The van der Waals surface area contributed by atoms with Crippen molar-refractivity contribution < 1.29 is 4.79 Å². The molecule has 3 heterocycles. The summed E-state index contributed by atoms with van der Waals surface area (Å²) in [5.41, 5.74) is 0. The molecule has 1 aromatic rings. The molecule has 1 amide bonds. The van der Waals surface area contributed by atoms with E-state index in [0.717, 1.165) is 0 Å². The number of amides is 1. The van der Waals surface area contributed by atoms with Gasteiger partial charge in [0.15, 0.2) is 0 Å². The van der Waals surface area contributed by atoms with E-state index in [1.807, 2.05) is 0 Å². The van der Waals surface area contributed by atoms with Crippen LogP contribution in [0.15, 0.2) is 17.5 Å². The van der Waals surface area contributed by atoms with E-state index >= 15 is 0 Å². The molecule has 0 spiro atoms. The van der Waals surface area contributed by atoms with Gasteiger partial charge < -0.3 is 15.5 Å². The fourth-order valence-corrected chi connectivity index (χ4v) is 4.83.